The van der Waals surface area contributed by atoms with E-state index in [0.29, 0.717) is 5.82 Å². The Morgan fingerprint density at radius 3 is 2.51 bits per heavy atom. The molecule has 8 nitrogen and oxygen atoms in total. The van der Waals surface area contributed by atoms with Crippen molar-refractivity contribution in [2.24, 2.45) is 0 Å². The van der Waals surface area contributed by atoms with Gasteiger partial charge >= 0.3 is 0 Å². The van der Waals surface area contributed by atoms with Gasteiger partial charge in [-0.15, -0.1) is 0 Å². The van der Waals surface area contributed by atoms with E-state index in [9.17, 15) is 0 Å². The van der Waals surface area contributed by atoms with Gasteiger partial charge in [0, 0.05) is 18.7 Å². The van der Waals surface area contributed by atoms with Gasteiger partial charge in [-0.25, -0.2) is 14.6 Å². The molecule has 2 aromatic heterocycles. The second kappa shape index (κ2) is 9.66. The number of imidazole rings is 1. The van der Waals surface area contributed by atoms with E-state index in [0.717, 1.165) is 65.0 Å². The quantitative estimate of drug-likeness (QED) is 0.382. The summed E-state index contributed by atoms with van der Waals surface area (Å²) in [7, 11) is 4.98. The van der Waals surface area contributed by atoms with Crippen LogP contribution in [-0.4, -0.2) is 45.6 Å². The Morgan fingerprint density at radius 2 is 1.77 bits per heavy atom. The molecule has 35 heavy (non-hydrogen) atoms. The summed E-state index contributed by atoms with van der Waals surface area (Å²) in [5.41, 5.74) is 4.06. The van der Waals surface area contributed by atoms with Crippen molar-refractivity contribution in [1.82, 2.24) is 24.3 Å². The van der Waals surface area contributed by atoms with Crippen LogP contribution in [0.1, 0.15) is 47.2 Å². The number of nitrogens with zero attached hydrogens (tertiary/aromatic N) is 5. The Balaban J connectivity index is 1.40. The number of ether oxygens (including phenoxy) is 3. The standard InChI is InChI=1S/C27H29N5O3/c1-18-16-31(17-28-18)22-10-7-19(14-24(22)34-3)8-12-26-29-27-21(6-5-13-32(27)30-26)20-9-11-23(33-2)25(15-20)35-4/h7-12,14-17,21H,5-6,13H2,1-4H3. The molecule has 0 fully saturated rings. The molecule has 2 aromatic carbocycles. The molecule has 1 atom stereocenters. The van der Waals surface area contributed by atoms with Crippen LogP contribution in [0.25, 0.3) is 17.8 Å². The summed E-state index contributed by atoms with van der Waals surface area (Å²) in [6.45, 7) is 2.83. The molecule has 0 aliphatic carbocycles. The largest absolute Gasteiger partial charge is 0.495 e. The maximum Gasteiger partial charge on any atom is 0.174 e. The maximum absolute atomic E-state index is 5.63. The van der Waals surface area contributed by atoms with E-state index in [-0.39, 0.29) is 5.92 Å². The number of methoxy groups -OCH3 is 3. The zero-order valence-electron chi connectivity index (χ0n) is 20.4. The summed E-state index contributed by atoms with van der Waals surface area (Å²) in [4.78, 5) is 9.19. The topological polar surface area (TPSA) is 76.2 Å². The summed E-state index contributed by atoms with van der Waals surface area (Å²) < 4.78 is 20.5. The third-order valence-corrected chi connectivity index (χ3v) is 6.32. The van der Waals surface area contributed by atoms with Crippen LogP contribution in [0, 0.1) is 6.92 Å². The Hall–Kier alpha value is -4.07. The molecule has 3 heterocycles. The molecule has 0 saturated carbocycles. The van der Waals surface area contributed by atoms with E-state index in [1.54, 1.807) is 27.7 Å². The smallest absolute Gasteiger partial charge is 0.174 e. The molecular formula is C27H29N5O3. The highest BCUT2D eigenvalue weighted by molar-refractivity contribution is 5.69. The van der Waals surface area contributed by atoms with Gasteiger partial charge in [-0.1, -0.05) is 18.2 Å². The number of aryl methyl sites for hydroxylation is 2. The predicted molar refractivity (Wildman–Crippen MR) is 134 cm³/mol. The molecule has 1 aliphatic heterocycles. The Bertz CT molecular complexity index is 1370. The maximum atomic E-state index is 5.63. The minimum absolute atomic E-state index is 0.163. The Morgan fingerprint density at radius 1 is 0.943 bits per heavy atom. The summed E-state index contributed by atoms with van der Waals surface area (Å²) in [6.07, 6.45) is 9.79. The second-order valence-corrected chi connectivity index (χ2v) is 8.55. The van der Waals surface area contributed by atoms with E-state index < -0.39 is 0 Å². The van der Waals surface area contributed by atoms with Gasteiger partial charge in [0.25, 0.3) is 0 Å². The highest BCUT2D eigenvalue weighted by Gasteiger charge is 2.26. The zero-order chi connectivity index (χ0) is 24.4. The van der Waals surface area contributed by atoms with Crippen molar-refractivity contribution in [3.63, 3.8) is 0 Å². The van der Waals surface area contributed by atoms with E-state index in [1.165, 1.54) is 0 Å². The Labute approximate surface area is 204 Å². The van der Waals surface area contributed by atoms with Crippen LogP contribution >= 0.6 is 0 Å². The lowest BCUT2D eigenvalue weighted by atomic mass is 9.91. The van der Waals surface area contributed by atoms with Crippen LogP contribution in [0.15, 0.2) is 48.9 Å². The highest BCUT2D eigenvalue weighted by atomic mass is 16.5. The number of aromatic nitrogens is 5. The minimum Gasteiger partial charge on any atom is -0.495 e. The molecule has 1 aliphatic rings. The van der Waals surface area contributed by atoms with Gasteiger partial charge in [-0.3, -0.25) is 0 Å². The van der Waals surface area contributed by atoms with Gasteiger partial charge in [-0.05, 0) is 61.2 Å². The van der Waals surface area contributed by atoms with Crippen LogP contribution < -0.4 is 14.2 Å². The van der Waals surface area contributed by atoms with Crippen LogP contribution in [0.3, 0.4) is 0 Å². The van der Waals surface area contributed by atoms with Gasteiger partial charge in [0.15, 0.2) is 17.3 Å². The van der Waals surface area contributed by atoms with E-state index in [2.05, 4.69) is 11.1 Å². The molecule has 180 valence electrons. The van der Waals surface area contributed by atoms with Crippen LogP contribution in [0.4, 0.5) is 0 Å². The molecule has 4 aromatic rings. The first-order valence-electron chi connectivity index (χ1n) is 11.6. The highest BCUT2D eigenvalue weighted by Crippen LogP contribution is 2.37. The lowest BCUT2D eigenvalue weighted by Gasteiger charge is -2.23. The predicted octanol–water partition coefficient (Wildman–Crippen LogP) is 4.89. The summed E-state index contributed by atoms with van der Waals surface area (Å²) in [5.74, 6) is 4.06. The van der Waals surface area contributed by atoms with Crippen LogP contribution in [-0.2, 0) is 6.54 Å². The van der Waals surface area contributed by atoms with Crippen LogP contribution in [0.2, 0.25) is 0 Å². The molecule has 0 radical (unpaired) electrons. The van der Waals surface area contributed by atoms with Gasteiger partial charge in [0.2, 0.25) is 0 Å². The second-order valence-electron chi connectivity index (χ2n) is 8.55. The fourth-order valence-electron chi connectivity index (χ4n) is 4.56. The molecule has 0 saturated heterocycles. The first-order chi connectivity index (χ1) is 17.1. The van der Waals surface area contributed by atoms with Crippen molar-refractivity contribution in [3.05, 3.63) is 77.4 Å². The lowest BCUT2D eigenvalue weighted by molar-refractivity contribution is 0.353. The van der Waals surface area contributed by atoms with Crippen LogP contribution in [0.5, 0.6) is 17.2 Å². The van der Waals surface area contributed by atoms with E-state index >= 15 is 0 Å². The molecule has 8 heteroatoms. The minimum atomic E-state index is 0.163. The SMILES string of the molecule is COc1ccc(C2CCCn3nc(C=Cc4ccc(-n5cnc(C)c5)c(OC)c4)nc32)cc1OC. The van der Waals surface area contributed by atoms with Gasteiger partial charge in [0.05, 0.1) is 39.0 Å². The molecule has 1 unspecified atom stereocenters. The monoisotopic (exact) mass is 471 g/mol. The number of fused-ring (bicyclic) bond motifs is 1. The molecular weight excluding hydrogens is 442 g/mol. The fourth-order valence-corrected chi connectivity index (χ4v) is 4.56. The van der Waals surface area contributed by atoms with Gasteiger partial charge in [0.1, 0.15) is 11.6 Å². The van der Waals surface area contributed by atoms with E-state index in [4.69, 9.17) is 24.3 Å². The number of rotatable bonds is 7. The summed E-state index contributed by atoms with van der Waals surface area (Å²) in [6, 6.07) is 12.2. The van der Waals surface area contributed by atoms with Crippen molar-refractivity contribution in [1.29, 1.82) is 0 Å². The lowest BCUT2D eigenvalue weighted by Crippen LogP contribution is -2.18. The zero-order valence-corrected chi connectivity index (χ0v) is 20.4. The molecule has 5 rings (SSSR count). The first-order valence-corrected chi connectivity index (χ1v) is 11.6. The molecule has 0 bridgehead atoms. The van der Waals surface area contributed by atoms with Crippen molar-refractivity contribution < 1.29 is 14.2 Å². The normalized spacial score (nSPS) is 15.3. The average molecular weight is 472 g/mol. The molecule has 0 spiro atoms. The summed E-state index contributed by atoms with van der Waals surface area (Å²) >= 11 is 0. The number of benzene rings is 2. The number of hydrogen-bond acceptors (Lipinski definition) is 6. The number of hydrogen-bond donors (Lipinski definition) is 0. The molecule has 0 amide bonds. The third kappa shape index (κ3) is 4.51. The van der Waals surface area contributed by atoms with Gasteiger partial charge < -0.3 is 18.8 Å². The average Bonchev–Trinajstić information content (AvgIpc) is 3.52. The van der Waals surface area contributed by atoms with Gasteiger partial charge in [-0.2, -0.15) is 5.10 Å². The summed E-state index contributed by atoms with van der Waals surface area (Å²) in [5, 5.41) is 4.75. The third-order valence-electron chi connectivity index (χ3n) is 6.32. The van der Waals surface area contributed by atoms with Crippen molar-refractivity contribution >= 4 is 12.2 Å². The van der Waals surface area contributed by atoms with Crippen molar-refractivity contribution in [3.8, 4) is 22.9 Å². The van der Waals surface area contributed by atoms with Crippen molar-refractivity contribution in [2.45, 2.75) is 32.2 Å². The van der Waals surface area contributed by atoms with E-state index in [1.807, 2.05) is 64.9 Å². The molecule has 0 N–H and O–H groups in total. The Kier molecular flexibility index (Phi) is 6.27. The fraction of sp³-hybridized carbons (Fsp3) is 0.296. The first kappa shape index (κ1) is 22.7. The van der Waals surface area contributed by atoms with Crippen molar-refractivity contribution in [2.75, 3.05) is 21.3 Å².